The van der Waals surface area contributed by atoms with Gasteiger partial charge in [-0.25, -0.2) is 44.0 Å². The molecule has 0 fully saturated rings. The van der Waals surface area contributed by atoms with Crippen LogP contribution >= 0.6 is 0 Å². The first-order chi connectivity index (χ1) is 20.2. The summed E-state index contributed by atoms with van der Waals surface area (Å²) in [4.78, 5) is -0.231. The molecule has 0 atom stereocenters. The van der Waals surface area contributed by atoms with Gasteiger partial charge in [0, 0.05) is 25.2 Å². The van der Waals surface area contributed by atoms with Gasteiger partial charge in [-0.1, -0.05) is 0 Å². The van der Waals surface area contributed by atoms with E-state index in [0.29, 0.717) is 22.8 Å². The fraction of sp³-hybridized carbons (Fsp3) is 0.250. The van der Waals surface area contributed by atoms with Gasteiger partial charge in [-0.2, -0.15) is 18.6 Å². The third-order valence-corrected chi connectivity index (χ3v) is 9.52. The Labute approximate surface area is 247 Å². The van der Waals surface area contributed by atoms with Crippen molar-refractivity contribution in [1.82, 2.24) is 29.0 Å². The summed E-state index contributed by atoms with van der Waals surface area (Å²) in [6.45, 7) is 1.36. The van der Waals surface area contributed by atoms with E-state index in [0.717, 1.165) is 0 Å². The standard InChI is InChI=1S/C24H28N6O10S3/c1-17-15-23(31)29(27-17)19-3-7-21(8-4-19)41(33,34)25-11-13-39-43(37,38)40-14-12-26-42(35,36)22-9-5-20(6-10-22)30-24(32)16-18(2)28-30/h3-10,15-16,25-26,31-32H,11-14H2,1-2H3. The predicted molar refractivity (Wildman–Crippen MR) is 151 cm³/mol. The molecule has 4 rings (SSSR count). The van der Waals surface area contributed by atoms with Crippen molar-refractivity contribution in [3.63, 3.8) is 0 Å². The van der Waals surface area contributed by atoms with E-state index in [-0.39, 0.29) is 21.6 Å². The number of nitrogens with one attached hydrogen (secondary N) is 2. The number of aromatic nitrogens is 4. The topological polar surface area (TPSA) is 221 Å². The van der Waals surface area contributed by atoms with E-state index in [1.807, 2.05) is 0 Å². The quantitative estimate of drug-likeness (QED) is 0.137. The Balaban J connectivity index is 1.20. The Kier molecular flexibility index (Phi) is 9.54. The molecule has 16 nitrogen and oxygen atoms in total. The summed E-state index contributed by atoms with van der Waals surface area (Å²) in [7, 11) is -12.6. The Bertz CT molecular complexity index is 1770. The fourth-order valence-electron chi connectivity index (χ4n) is 3.72. The minimum atomic E-state index is -4.56. The van der Waals surface area contributed by atoms with Crippen LogP contribution in [0.2, 0.25) is 0 Å². The molecule has 4 N–H and O–H groups in total. The normalized spacial score (nSPS) is 12.5. The second-order valence-corrected chi connectivity index (χ2v) is 13.8. The number of aromatic hydroxyl groups is 2. The third-order valence-electron chi connectivity index (χ3n) is 5.65. The molecule has 2 aromatic heterocycles. The molecule has 43 heavy (non-hydrogen) atoms. The van der Waals surface area contributed by atoms with Crippen LogP contribution in [0.5, 0.6) is 11.8 Å². The first kappa shape index (κ1) is 32.1. The van der Waals surface area contributed by atoms with Crippen molar-refractivity contribution >= 4 is 30.4 Å². The Morgan fingerprint density at radius 2 is 1.00 bits per heavy atom. The molecule has 0 radical (unpaired) electrons. The zero-order chi connectivity index (χ0) is 31.4. The van der Waals surface area contributed by atoms with Gasteiger partial charge >= 0.3 is 10.4 Å². The molecule has 0 saturated heterocycles. The lowest BCUT2D eigenvalue weighted by molar-refractivity contribution is 0.219. The molecule has 2 aromatic carbocycles. The van der Waals surface area contributed by atoms with E-state index in [9.17, 15) is 35.5 Å². The van der Waals surface area contributed by atoms with Crippen LogP contribution in [0, 0.1) is 13.8 Å². The summed E-state index contributed by atoms with van der Waals surface area (Å²) < 4.78 is 90.0. The number of aryl methyl sites for hydroxylation is 2. The largest absolute Gasteiger partial charge is 0.493 e. The van der Waals surface area contributed by atoms with Crippen molar-refractivity contribution in [3.8, 4) is 23.1 Å². The molecule has 0 saturated carbocycles. The molecule has 0 aliphatic rings. The molecular weight excluding hydrogens is 628 g/mol. The number of benzene rings is 2. The highest BCUT2D eigenvalue weighted by molar-refractivity contribution is 7.89. The second-order valence-electron chi connectivity index (χ2n) is 8.95. The highest BCUT2D eigenvalue weighted by Crippen LogP contribution is 2.21. The monoisotopic (exact) mass is 656 g/mol. The van der Waals surface area contributed by atoms with Crippen molar-refractivity contribution < 1.29 is 43.8 Å². The predicted octanol–water partition coefficient (Wildman–Crippen LogP) is 0.621. The average molecular weight is 657 g/mol. The third kappa shape index (κ3) is 8.16. The van der Waals surface area contributed by atoms with Crippen LogP contribution in [0.1, 0.15) is 11.4 Å². The van der Waals surface area contributed by atoms with E-state index in [4.69, 9.17) is 0 Å². The summed E-state index contributed by atoms with van der Waals surface area (Å²) in [5.74, 6) is -0.225. The number of sulfonamides is 2. The zero-order valence-electron chi connectivity index (χ0n) is 22.8. The lowest BCUT2D eigenvalue weighted by Gasteiger charge is -2.10. The van der Waals surface area contributed by atoms with E-state index < -0.39 is 56.7 Å². The van der Waals surface area contributed by atoms with Crippen LogP contribution < -0.4 is 9.44 Å². The molecule has 0 amide bonds. The van der Waals surface area contributed by atoms with E-state index >= 15 is 0 Å². The number of nitrogens with zero attached hydrogens (tertiary/aromatic N) is 4. The number of hydrogen-bond acceptors (Lipinski definition) is 12. The van der Waals surface area contributed by atoms with Crippen LogP contribution in [-0.2, 0) is 38.8 Å². The lowest BCUT2D eigenvalue weighted by atomic mass is 10.3. The first-order valence-electron chi connectivity index (χ1n) is 12.4. The van der Waals surface area contributed by atoms with Crippen LogP contribution in [-0.4, -0.2) is 81.3 Å². The highest BCUT2D eigenvalue weighted by atomic mass is 32.3. The molecule has 2 heterocycles. The number of hydrogen-bond donors (Lipinski definition) is 4. The van der Waals surface area contributed by atoms with Gasteiger partial charge < -0.3 is 10.2 Å². The van der Waals surface area contributed by atoms with Gasteiger partial charge in [0.15, 0.2) is 0 Å². The smallest absolute Gasteiger partial charge is 0.399 e. The average Bonchev–Trinajstić information content (AvgIpc) is 3.48. The van der Waals surface area contributed by atoms with E-state index in [1.165, 1.54) is 70.0 Å². The van der Waals surface area contributed by atoms with Gasteiger partial charge in [0.1, 0.15) is 0 Å². The SMILES string of the molecule is Cc1cc(O)n(-c2ccc(S(=O)(=O)NCCOS(=O)(=O)OCCNS(=O)(=O)c3ccc(-n4nc(C)cc4O)cc3)cc2)n1. The number of rotatable bonds is 14. The maximum atomic E-state index is 12.5. The van der Waals surface area contributed by atoms with Crippen molar-refractivity contribution in [2.45, 2.75) is 23.6 Å². The van der Waals surface area contributed by atoms with Gasteiger partial charge in [-0.15, -0.1) is 0 Å². The minimum Gasteiger partial charge on any atom is -0.493 e. The van der Waals surface area contributed by atoms with Crippen LogP contribution in [0.3, 0.4) is 0 Å². The van der Waals surface area contributed by atoms with Gasteiger partial charge in [0.2, 0.25) is 31.8 Å². The molecule has 0 spiro atoms. The highest BCUT2D eigenvalue weighted by Gasteiger charge is 2.18. The molecule has 0 unspecified atom stereocenters. The van der Waals surface area contributed by atoms with Crippen LogP contribution in [0.25, 0.3) is 11.4 Å². The fourth-order valence-corrected chi connectivity index (χ4v) is 6.39. The minimum absolute atomic E-state index is 0.113. The molecule has 4 aromatic rings. The van der Waals surface area contributed by atoms with Crippen molar-refractivity contribution in [2.24, 2.45) is 0 Å². The van der Waals surface area contributed by atoms with Gasteiger partial charge in [-0.05, 0) is 62.4 Å². The summed E-state index contributed by atoms with van der Waals surface area (Å²) in [5.41, 5.74) is 2.00. The molecule has 0 bridgehead atoms. The summed E-state index contributed by atoms with van der Waals surface area (Å²) in [5, 5.41) is 28.0. The molecular formula is C24H28N6O10S3. The van der Waals surface area contributed by atoms with Crippen molar-refractivity contribution in [2.75, 3.05) is 26.3 Å². The van der Waals surface area contributed by atoms with Crippen LogP contribution in [0.4, 0.5) is 0 Å². The van der Waals surface area contributed by atoms with E-state index in [1.54, 1.807) is 13.8 Å². The zero-order valence-corrected chi connectivity index (χ0v) is 25.2. The Hall–Kier alpha value is -3.85. The van der Waals surface area contributed by atoms with Crippen molar-refractivity contribution in [3.05, 3.63) is 72.1 Å². The van der Waals surface area contributed by atoms with Crippen LogP contribution in [0.15, 0.2) is 70.5 Å². The molecule has 232 valence electrons. The van der Waals surface area contributed by atoms with Gasteiger partial charge in [0.25, 0.3) is 0 Å². The Morgan fingerprint density at radius 3 is 1.30 bits per heavy atom. The molecule has 19 heteroatoms. The van der Waals surface area contributed by atoms with Crippen molar-refractivity contribution in [1.29, 1.82) is 0 Å². The van der Waals surface area contributed by atoms with E-state index in [2.05, 4.69) is 28.0 Å². The molecule has 0 aliphatic heterocycles. The van der Waals surface area contributed by atoms with Gasteiger partial charge in [0.05, 0.1) is 45.8 Å². The summed E-state index contributed by atoms with van der Waals surface area (Å²) in [6, 6.07) is 13.8. The molecule has 0 aliphatic carbocycles. The maximum absolute atomic E-state index is 12.5. The maximum Gasteiger partial charge on any atom is 0.399 e. The second kappa shape index (κ2) is 12.8. The van der Waals surface area contributed by atoms with Gasteiger partial charge in [-0.3, -0.25) is 0 Å². The first-order valence-corrected chi connectivity index (χ1v) is 16.7. The summed E-state index contributed by atoms with van der Waals surface area (Å²) >= 11 is 0. The lowest BCUT2D eigenvalue weighted by Crippen LogP contribution is -2.30. The summed E-state index contributed by atoms with van der Waals surface area (Å²) in [6.07, 6.45) is 0. The Morgan fingerprint density at radius 1 is 0.651 bits per heavy atom.